The molecule has 0 bridgehead atoms. The maximum atomic E-state index is 11.7. The molecule has 1 aromatic carbocycles. The average Bonchev–Trinajstić information content (AvgIpc) is 2.93. The van der Waals surface area contributed by atoms with Crippen LogP contribution in [0.4, 0.5) is 0 Å². The van der Waals surface area contributed by atoms with Crippen molar-refractivity contribution in [1.82, 2.24) is 14.8 Å². The van der Waals surface area contributed by atoms with E-state index in [0.717, 1.165) is 24.1 Å². The van der Waals surface area contributed by atoms with Gasteiger partial charge in [0.2, 0.25) is 0 Å². The Kier molecular flexibility index (Phi) is 6.00. The molecule has 0 amide bonds. The van der Waals surface area contributed by atoms with E-state index in [2.05, 4.69) is 43.1 Å². The first-order valence-electron chi connectivity index (χ1n) is 7.38. The normalized spacial score (nSPS) is 10.7. The average molecular weight is 319 g/mol. The van der Waals surface area contributed by atoms with E-state index in [9.17, 15) is 4.79 Å². The van der Waals surface area contributed by atoms with E-state index in [1.807, 2.05) is 10.6 Å². The quantitative estimate of drug-likeness (QED) is 0.445. The zero-order valence-corrected chi connectivity index (χ0v) is 14.0. The minimum Gasteiger partial charge on any atom is -0.465 e. The predicted molar refractivity (Wildman–Crippen MR) is 87.4 cm³/mol. The Labute approximate surface area is 135 Å². The summed E-state index contributed by atoms with van der Waals surface area (Å²) < 4.78 is 7.05. The highest BCUT2D eigenvalue weighted by Crippen LogP contribution is 2.22. The van der Waals surface area contributed by atoms with Gasteiger partial charge >= 0.3 is 5.97 Å². The van der Waals surface area contributed by atoms with E-state index < -0.39 is 0 Å². The summed E-state index contributed by atoms with van der Waals surface area (Å²) in [5.41, 5.74) is 3.38. The number of aryl methyl sites for hydroxylation is 2. The van der Waals surface area contributed by atoms with Gasteiger partial charge in [-0.25, -0.2) is 0 Å². The van der Waals surface area contributed by atoms with Gasteiger partial charge in [0.15, 0.2) is 5.16 Å². The minimum atomic E-state index is -0.214. The van der Waals surface area contributed by atoms with Crippen LogP contribution in [0.3, 0.4) is 0 Å². The van der Waals surface area contributed by atoms with E-state index in [0.29, 0.717) is 11.8 Å². The van der Waals surface area contributed by atoms with Crippen molar-refractivity contribution in [3.8, 4) is 5.69 Å². The Bertz CT molecular complexity index is 640. The molecule has 0 aliphatic heterocycles. The molecular formula is C16H21N3O2S. The summed E-state index contributed by atoms with van der Waals surface area (Å²) in [5, 5.41) is 8.74. The number of rotatable bonds is 7. The molecule has 0 radical (unpaired) electrons. The molecule has 0 fully saturated rings. The highest BCUT2D eigenvalue weighted by atomic mass is 32.2. The number of esters is 1. The molecule has 5 nitrogen and oxygen atoms in total. The summed E-state index contributed by atoms with van der Waals surface area (Å²) in [7, 11) is 0. The van der Waals surface area contributed by atoms with Gasteiger partial charge in [0.1, 0.15) is 6.33 Å². The molecule has 0 unspecified atom stereocenters. The highest BCUT2D eigenvalue weighted by molar-refractivity contribution is 7.99. The summed E-state index contributed by atoms with van der Waals surface area (Å²) in [6.07, 6.45) is 3.58. The summed E-state index contributed by atoms with van der Waals surface area (Å²) in [6.45, 7) is 6.66. The summed E-state index contributed by atoms with van der Waals surface area (Å²) in [6, 6.07) is 6.20. The largest absolute Gasteiger partial charge is 0.465 e. The molecule has 1 heterocycles. The maximum Gasteiger partial charge on any atom is 0.316 e. The molecule has 0 atom stereocenters. The van der Waals surface area contributed by atoms with Crippen LogP contribution in [0, 0.1) is 13.8 Å². The SMILES string of the molecule is CCCCOC(=O)CSc1nncn1-c1ccc(C)cc1C. The zero-order valence-electron chi connectivity index (χ0n) is 13.2. The van der Waals surface area contributed by atoms with Gasteiger partial charge in [-0.2, -0.15) is 0 Å². The van der Waals surface area contributed by atoms with Crippen molar-refractivity contribution in [2.75, 3.05) is 12.4 Å². The van der Waals surface area contributed by atoms with E-state index in [1.54, 1.807) is 6.33 Å². The van der Waals surface area contributed by atoms with Crippen molar-refractivity contribution in [3.05, 3.63) is 35.7 Å². The second kappa shape index (κ2) is 7.98. The number of carbonyl (C=O) groups is 1. The van der Waals surface area contributed by atoms with Gasteiger partial charge < -0.3 is 4.74 Å². The van der Waals surface area contributed by atoms with Gasteiger partial charge in [0.05, 0.1) is 18.0 Å². The maximum absolute atomic E-state index is 11.7. The molecule has 0 N–H and O–H groups in total. The van der Waals surface area contributed by atoms with Crippen molar-refractivity contribution < 1.29 is 9.53 Å². The molecule has 1 aromatic heterocycles. The summed E-state index contributed by atoms with van der Waals surface area (Å²) in [5.74, 6) is 0.0291. The lowest BCUT2D eigenvalue weighted by Gasteiger charge is -2.10. The number of aromatic nitrogens is 3. The van der Waals surface area contributed by atoms with Gasteiger partial charge in [-0.1, -0.05) is 42.8 Å². The van der Waals surface area contributed by atoms with Crippen LogP contribution in [0.5, 0.6) is 0 Å². The second-order valence-corrected chi connectivity index (χ2v) is 6.08. The molecule has 22 heavy (non-hydrogen) atoms. The predicted octanol–water partition coefficient (Wildman–Crippen LogP) is 3.32. The third kappa shape index (κ3) is 4.34. The fourth-order valence-electron chi connectivity index (χ4n) is 2.06. The van der Waals surface area contributed by atoms with Gasteiger partial charge in [-0.05, 0) is 31.9 Å². The van der Waals surface area contributed by atoms with E-state index in [4.69, 9.17) is 4.74 Å². The van der Waals surface area contributed by atoms with Crippen LogP contribution in [0.2, 0.25) is 0 Å². The van der Waals surface area contributed by atoms with Gasteiger partial charge in [0.25, 0.3) is 0 Å². The van der Waals surface area contributed by atoms with Crippen molar-refractivity contribution in [2.45, 2.75) is 38.8 Å². The second-order valence-electron chi connectivity index (χ2n) is 5.14. The van der Waals surface area contributed by atoms with Crippen LogP contribution in [0.15, 0.2) is 29.7 Å². The van der Waals surface area contributed by atoms with Crippen molar-refractivity contribution in [1.29, 1.82) is 0 Å². The first kappa shape index (κ1) is 16.5. The van der Waals surface area contributed by atoms with Gasteiger partial charge in [-0.15, -0.1) is 10.2 Å². The summed E-state index contributed by atoms with van der Waals surface area (Å²) >= 11 is 1.34. The number of unbranched alkanes of at least 4 members (excludes halogenated alkanes) is 1. The van der Waals surface area contributed by atoms with Crippen molar-refractivity contribution in [3.63, 3.8) is 0 Å². The monoisotopic (exact) mass is 319 g/mol. The standard InChI is InChI=1S/C16H21N3O2S/c1-4-5-8-21-15(20)10-22-16-18-17-11-19(16)14-7-6-12(2)9-13(14)3/h6-7,9,11H,4-5,8,10H2,1-3H3. The van der Waals surface area contributed by atoms with Crippen molar-refractivity contribution >= 4 is 17.7 Å². The van der Waals surface area contributed by atoms with E-state index in [1.165, 1.54) is 17.3 Å². The fourth-order valence-corrected chi connectivity index (χ4v) is 2.78. The molecule has 0 aliphatic rings. The van der Waals surface area contributed by atoms with Crippen molar-refractivity contribution in [2.24, 2.45) is 0 Å². The van der Waals surface area contributed by atoms with Crippen LogP contribution in [0.1, 0.15) is 30.9 Å². The highest BCUT2D eigenvalue weighted by Gasteiger charge is 2.12. The number of benzene rings is 1. The first-order chi connectivity index (χ1) is 10.6. The lowest BCUT2D eigenvalue weighted by molar-refractivity contribution is -0.140. The number of nitrogens with zero attached hydrogens (tertiary/aromatic N) is 3. The zero-order chi connectivity index (χ0) is 15.9. The van der Waals surface area contributed by atoms with Crippen LogP contribution in [-0.4, -0.2) is 33.1 Å². The Morgan fingerprint density at radius 2 is 2.18 bits per heavy atom. The Morgan fingerprint density at radius 3 is 2.91 bits per heavy atom. The third-order valence-corrected chi connectivity index (χ3v) is 4.12. The first-order valence-corrected chi connectivity index (χ1v) is 8.36. The minimum absolute atomic E-state index is 0.214. The fraction of sp³-hybridized carbons (Fsp3) is 0.438. The smallest absolute Gasteiger partial charge is 0.316 e. The number of ether oxygens (including phenoxy) is 1. The lowest BCUT2D eigenvalue weighted by atomic mass is 10.1. The van der Waals surface area contributed by atoms with E-state index >= 15 is 0 Å². The Balaban J connectivity index is 2.02. The molecule has 0 saturated carbocycles. The summed E-state index contributed by atoms with van der Waals surface area (Å²) in [4.78, 5) is 11.7. The molecule has 6 heteroatoms. The van der Waals surface area contributed by atoms with E-state index in [-0.39, 0.29) is 11.7 Å². The van der Waals surface area contributed by atoms with Crippen LogP contribution in [-0.2, 0) is 9.53 Å². The topological polar surface area (TPSA) is 57.0 Å². The lowest BCUT2D eigenvalue weighted by Crippen LogP contribution is -2.09. The number of hydrogen-bond donors (Lipinski definition) is 0. The molecule has 0 saturated heterocycles. The Morgan fingerprint density at radius 1 is 1.36 bits per heavy atom. The van der Waals surface area contributed by atoms with Gasteiger partial charge in [0, 0.05) is 0 Å². The van der Waals surface area contributed by atoms with Crippen LogP contribution in [0.25, 0.3) is 5.69 Å². The molecule has 0 aliphatic carbocycles. The third-order valence-electron chi connectivity index (χ3n) is 3.21. The number of hydrogen-bond acceptors (Lipinski definition) is 5. The van der Waals surface area contributed by atoms with Crippen LogP contribution >= 0.6 is 11.8 Å². The molecule has 2 rings (SSSR count). The Hall–Kier alpha value is -1.82. The molecular weight excluding hydrogens is 298 g/mol. The van der Waals surface area contributed by atoms with Gasteiger partial charge in [-0.3, -0.25) is 9.36 Å². The number of carbonyl (C=O) groups excluding carboxylic acids is 1. The molecule has 118 valence electrons. The molecule has 2 aromatic rings. The van der Waals surface area contributed by atoms with Crippen LogP contribution < -0.4 is 0 Å². The molecule has 0 spiro atoms. The number of thioether (sulfide) groups is 1.